The summed E-state index contributed by atoms with van der Waals surface area (Å²) in [5.41, 5.74) is 1.88. The van der Waals surface area contributed by atoms with E-state index in [0.717, 1.165) is 36.0 Å². The van der Waals surface area contributed by atoms with Gasteiger partial charge in [0, 0.05) is 7.05 Å². The van der Waals surface area contributed by atoms with Crippen LogP contribution in [-0.4, -0.2) is 27.2 Å². The van der Waals surface area contributed by atoms with Crippen LogP contribution in [-0.2, 0) is 6.42 Å². The number of aryl methyl sites for hydroxylation is 1. The molecule has 0 aliphatic rings. The average Bonchev–Trinajstić information content (AvgIpc) is 2.73. The highest BCUT2D eigenvalue weighted by Gasteiger charge is 2.07. The quantitative estimate of drug-likeness (QED) is 0.797. The lowest BCUT2D eigenvalue weighted by atomic mass is 10.1. The van der Waals surface area contributed by atoms with Crippen molar-refractivity contribution in [3.05, 3.63) is 11.9 Å². The Hall–Kier alpha value is -1.65. The van der Waals surface area contributed by atoms with E-state index >= 15 is 0 Å². The fourth-order valence-electron chi connectivity index (χ4n) is 1.54. The van der Waals surface area contributed by atoms with Gasteiger partial charge in [-0.2, -0.15) is 10.1 Å². The molecule has 2 heterocycles. The van der Waals surface area contributed by atoms with Crippen LogP contribution in [0.5, 0.6) is 0 Å². The zero-order valence-corrected chi connectivity index (χ0v) is 9.04. The first-order valence-electron chi connectivity index (χ1n) is 5.23. The fourth-order valence-corrected chi connectivity index (χ4v) is 1.54. The molecule has 0 saturated carbocycles. The Morgan fingerprint density at radius 1 is 1.40 bits per heavy atom. The summed E-state index contributed by atoms with van der Waals surface area (Å²) >= 11 is 0. The lowest BCUT2D eigenvalue weighted by molar-refractivity contribution is 0.781. The molecule has 0 aliphatic heterocycles. The number of nitrogens with zero attached hydrogens (tertiary/aromatic N) is 3. The third kappa shape index (κ3) is 1.91. The predicted octanol–water partition coefficient (Wildman–Crippen LogP) is 1.74. The molecule has 0 bridgehead atoms. The normalized spacial score (nSPS) is 10.8. The number of rotatable bonds is 4. The van der Waals surface area contributed by atoms with Crippen molar-refractivity contribution in [2.45, 2.75) is 26.2 Å². The van der Waals surface area contributed by atoms with Gasteiger partial charge in [0.1, 0.15) is 0 Å². The van der Waals surface area contributed by atoms with E-state index in [1.165, 1.54) is 0 Å². The van der Waals surface area contributed by atoms with Crippen LogP contribution >= 0.6 is 0 Å². The second-order valence-electron chi connectivity index (χ2n) is 3.48. The molecule has 2 N–H and O–H groups in total. The van der Waals surface area contributed by atoms with Crippen molar-refractivity contribution in [2.75, 3.05) is 12.4 Å². The Morgan fingerprint density at radius 3 is 3.00 bits per heavy atom. The van der Waals surface area contributed by atoms with Crippen LogP contribution in [0.1, 0.15) is 25.5 Å². The summed E-state index contributed by atoms with van der Waals surface area (Å²) in [5.74, 6) is 0.651. The average molecular weight is 205 g/mol. The van der Waals surface area contributed by atoms with Gasteiger partial charge < -0.3 is 5.32 Å². The standard InChI is InChI=1S/C10H15N5/c1-3-4-5-8-7-6-12-15-9(7)14-10(11-2)13-8/h6H,3-5H2,1-2H3,(H2,11,12,13,14,15). The molecule has 2 rings (SSSR count). The lowest BCUT2D eigenvalue weighted by Crippen LogP contribution is -2.00. The molecule has 0 unspecified atom stereocenters. The molecular weight excluding hydrogens is 190 g/mol. The van der Waals surface area contributed by atoms with Crippen molar-refractivity contribution in [3.63, 3.8) is 0 Å². The first-order chi connectivity index (χ1) is 7.35. The van der Waals surface area contributed by atoms with Gasteiger partial charge in [-0.15, -0.1) is 0 Å². The second-order valence-corrected chi connectivity index (χ2v) is 3.48. The minimum atomic E-state index is 0.651. The van der Waals surface area contributed by atoms with E-state index in [0.29, 0.717) is 5.95 Å². The maximum atomic E-state index is 4.45. The maximum absolute atomic E-state index is 4.45. The molecule has 0 aliphatic carbocycles. The van der Waals surface area contributed by atoms with E-state index in [4.69, 9.17) is 0 Å². The van der Waals surface area contributed by atoms with Gasteiger partial charge >= 0.3 is 0 Å². The van der Waals surface area contributed by atoms with Crippen LogP contribution in [0.4, 0.5) is 5.95 Å². The summed E-state index contributed by atoms with van der Waals surface area (Å²) < 4.78 is 0. The van der Waals surface area contributed by atoms with Crippen molar-refractivity contribution in [1.29, 1.82) is 0 Å². The number of anilines is 1. The third-order valence-electron chi connectivity index (χ3n) is 2.38. The van der Waals surface area contributed by atoms with Gasteiger partial charge in [0.05, 0.1) is 17.3 Å². The molecule has 2 aromatic rings. The molecule has 80 valence electrons. The largest absolute Gasteiger partial charge is 0.357 e. The lowest BCUT2D eigenvalue weighted by Gasteiger charge is -2.03. The van der Waals surface area contributed by atoms with Crippen molar-refractivity contribution in [3.8, 4) is 0 Å². The Labute approximate surface area is 88.3 Å². The first-order valence-corrected chi connectivity index (χ1v) is 5.23. The summed E-state index contributed by atoms with van der Waals surface area (Å²) in [5, 5.41) is 10.8. The topological polar surface area (TPSA) is 66.5 Å². The van der Waals surface area contributed by atoms with Crippen molar-refractivity contribution < 1.29 is 0 Å². The fraction of sp³-hybridized carbons (Fsp3) is 0.500. The molecule has 0 atom stereocenters. The van der Waals surface area contributed by atoms with Gasteiger partial charge in [0.25, 0.3) is 0 Å². The SMILES string of the molecule is CCCCc1nc(NC)nc2[nH]ncc12. The van der Waals surface area contributed by atoms with Crippen molar-refractivity contribution in [2.24, 2.45) is 0 Å². The Morgan fingerprint density at radius 2 is 2.27 bits per heavy atom. The predicted molar refractivity (Wildman–Crippen MR) is 59.8 cm³/mol. The Bertz CT molecular complexity index is 448. The van der Waals surface area contributed by atoms with E-state index < -0.39 is 0 Å². The van der Waals surface area contributed by atoms with E-state index in [-0.39, 0.29) is 0 Å². The summed E-state index contributed by atoms with van der Waals surface area (Å²) in [4.78, 5) is 8.73. The van der Waals surface area contributed by atoms with Crippen LogP contribution < -0.4 is 5.32 Å². The monoisotopic (exact) mass is 205 g/mol. The van der Waals surface area contributed by atoms with Gasteiger partial charge in [-0.1, -0.05) is 13.3 Å². The molecule has 0 saturated heterocycles. The second kappa shape index (κ2) is 4.25. The van der Waals surface area contributed by atoms with Crippen LogP contribution in [0.25, 0.3) is 11.0 Å². The molecule has 15 heavy (non-hydrogen) atoms. The van der Waals surface area contributed by atoms with Crippen molar-refractivity contribution in [1.82, 2.24) is 20.2 Å². The number of H-pyrrole nitrogens is 1. The summed E-state index contributed by atoms with van der Waals surface area (Å²) in [7, 11) is 1.82. The number of unbranched alkanes of at least 4 members (excludes halogenated alkanes) is 1. The number of hydrogen-bond donors (Lipinski definition) is 2. The van der Waals surface area contributed by atoms with Crippen molar-refractivity contribution >= 4 is 17.0 Å². The number of fused-ring (bicyclic) bond motifs is 1. The van der Waals surface area contributed by atoms with Gasteiger partial charge in [-0.25, -0.2) is 4.98 Å². The number of nitrogens with one attached hydrogen (secondary N) is 2. The summed E-state index contributed by atoms with van der Waals surface area (Å²) in [6.07, 6.45) is 5.07. The number of aromatic nitrogens is 4. The first kappa shape index (κ1) is 9.89. The molecule has 5 nitrogen and oxygen atoms in total. The Balaban J connectivity index is 2.43. The minimum absolute atomic E-state index is 0.651. The van der Waals surface area contributed by atoms with Gasteiger partial charge in [-0.3, -0.25) is 5.10 Å². The zero-order chi connectivity index (χ0) is 10.7. The smallest absolute Gasteiger partial charge is 0.224 e. The van der Waals surface area contributed by atoms with E-state index in [2.05, 4.69) is 32.4 Å². The molecule has 2 aromatic heterocycles. The number of aromatic amines is 1. The molecule has 5 heteroatoms. The van der Waals surface area contributed by atoms with Gasteiger partial charge in [0.15, 0.2) is 5.65 Å². The molecule has 0 amide bonds. The third-order valence-corrected chi connectivity index (χ3v) is 2.38. The maximum Gasteiger partial charge on any atom is 0.224 e. The summed E-state index contributed by atoms with van der Waals surface area (Å²) in [6.45, 7) is 2.17. The molecule has 0 spiro atoms. The molecule has 0 radical (unpaired) electrons. The van der Waals surface area contributed by atoms with Crippen LogP contribution in [0, 0.1) is 0 Å². The zero-order valence-electron chi connectivity index (χ0n) is 9.04. The highest BCUT2D eigenvalue weighted by Crippen LogP contribution is 2.16. The van der Waals surface area contributed by atoms with Crippen LogP contribution in [0.2, 0.25) is 0 Å². The summed E-state index contributed by atoms with van der Waals surface area (Å²) in [6, 6.07) is 0. The van der Waals surface area contributed by atoms with Crippen LogP contribution in [0.15, 0.2) is 6.20 Å². The molecule has 0 aromatic carbocycles. The highest BCUT2D eigenvalue weighted by atomic mass is 15.2. The Kier molecular flexibility index (Phi) is 2.80. The molecule has 0 fully saturated rings. The van der Waals surface area contributed by atoms with E-state index in [1.54, 1.807) is 6.20 Å². The van der Waals surface area contributed by atoms with Gasteiger partial charge in [0.2, 0.25) is 5.95 Å². The van der Waals surface area contributed by atoms with Crippen LogP contribution in [0.3, 0.4) is 0 Å². The molecular formula is C10H15N5. The highest BCUT2D eigenvalue weighted by molar-refractivity contribution is 5.77. The minimum Gasteiger partial charge on any atom is -0.357 e. The van der Waals surface area contributed by atoms with Gasteiger partial charge in [-0.05, 0) is 12.8 Å². The van der Waals surface area contributed by atoms with E-state index in [9.17, 15) is 0 Å². The number of hydrogen-bond acceptors (Lipinski definition) is 4. The van der Waals surface area contributed by atoms with E-state index in [1.807, 2.05) is 7.05 Å².